The maximum atomic E-state index is 10.9. The molecule has 4 rings (SSSR count). The summed E-state index contributed by atoms with van der Waals surface area (Å²) in [5.41, 5.74) is 0.105. The van der Waals surface area contributed by atoms with E-state index in [1.165, 1.54) is 44.9 Å². The third-order valence-electron chi connectivity index (χ3n) is 9.15. The molecule has 2 nitrogen and oxygen atoms in total. The average Bonchev–Trinajstić information content (AvgIpc) is 2.88. The molecule has 0 bridgehead atoms. The number of ether oxygens (including phenoxy) is 1. The predicted molar refractivity (Wildman–Crippen MR) is 97.7 cm³/mol. The van der Waals surface area contributed by atoms with E-state index in [0.717, 1.165) is 55.0 Å². The molecule has 138 valence electrons. The third kappa shape index (κ3) is 2.67. The van der Waals surface area contributed by atoms with Crippen molar-refractivity contribution < 1.29 is 9.84 Å². The molecule has 4 saturated carbocycles. The maximum Gasteiger partial charge on any atom is 0.0883 e. The zero-order valence-electron chi connectivity index (χ0n) is 16.1. The van der Waals surface area contributed by atoms with Gasteiger partial charge < -0.3 is 9.84 Å². The van der Waals surface area contributed by atoms with Crippen molar-refractivity contribution in [1.29, 1.82) is 0 Å². The maximum absolute atomic E-state index is 10.9. The van der Waals surface area contributed by atoms with Gasteiger partial charge in [-0.1, -0.05) is 13.8 Å². The van der Waals surface area contributed by atoms with Gasteiger partial charge in [0, 0.05) is 6.61 Å². The predicted octanol–water partition coefficient (Wildman–Crippen LogP) is 5.04. The van der Waals surface area contributed by atoms with E-state index < -0.39 is 5.60 Å². The zero-order valence-corrected chi connectivity index (χ0v) is 16.1. The van der Waals surface area contributed by atoms with Crippen molar-refractivity contribution in [3.05, 3.63) is 0 Å². The number of aliphatic hydroxyl groups is 1. The minimum Gasteiger partial charge on any atom is -0.387 e. The monoisotopic (exact) mass is 334 g/mol. The Balaban J connectivity index is 1.47. The Kier molecular flexibility index (Phi) is 4.53. The van der Waals surface area contributed by atoms with Gasteiger partial charge in [-0.3, -0.25) is 0 Å². The first-order valence-electron chi connectivity index (χ1n) is 10.8. The fraction of sp³-hybridized carbons (Fsp3) is 1.00. The minimum absolute atomic E-state index is 0.533. The summed E-state index contributed by atoms with van der Waals surface area (Å²) in [6.07, 6.45) is 11.9. The number of hydrogen-bond donors (Lipinski definition) is 1. The van der Waals surface area contributed by atoms with Gasteiger partial charge in [0.2, 0.25) is 0 Å². The van der Waals surface area contributed by atoms with Gasteiger partial charge in [0.25, 0.3) is 0 Å². The Hall–Kier alpha value is -0.0800. The van der Waals surface area contributed by atoms with E-state index in [-0.39, 0.29) is 0 Å². The summed E-state index contributed by atoms with van der Waals surface area (Å²) in [6.45, 7) is 8.43. The molecule has 0 spiro atoms. The average molecular weight is 335 g/mol. The number of hydrogen-bond acceptors (Lipinski definition) is 2. The summed E-state index contributed by atoms with van der Waals surface area (Å²) >= 11 is 0. The molecule has 0 amide bonds. The Morgan fingerprint density at radius 3 is 2.54 bits per heavy atom. The molecule has 0 aliphatic heterocycles. The molecule has 24 heavy (non-hydrogen) atoms. The molecule has 0 aromatic heterocycles. The molecular weight excluding hydrogens is 296 g/mol. The summed E-state index contributed by atoms with van der Waals surface area (Å²) in [6, 6.07) is 0. The van der Waals surface area contributed by atoms with Gasteiger partial charge in [0.05, 0.1) is 12.2 Å². The van der Waals surface area contributed by atoms with Gasteiger partial charge in [-0.05, 0) is 106 Å². The first-order valence-corrected chi connectivity index (χ1v) is 10.8. The van der Waals surface area contributed by atoms with Gasteiger partial charge in [0.1, 0.15) is 0 Å². The first kappa shape index (κ1) is 17.3. The number of rotatable bonds is 3. The minimum atomic E-state index is -0.533. The van der Waals surface area contributed by atoms with Gasteiger partial charge in [-0.2, -0.15) is 0 Å². The van der Waals surface area contributed by atoms with E-state index in [4.69, 9.17) is 4.74 Å². The van der Waals surface area contributed by atoms with E-state index in [1.54, 1.807) is 0 Å². The van der Waals surface area contributed by atoms with Crippen LogP contribution in [-0.4, -0.2) is 23.9 Å². The molecule has 4 fully saturated rings. The lowest BCUT2D eigenvalue weighted by Gasteiger charge is -2.57. The molecule has 4 aliphatic rings. The van der Waals surface area contributed by atoms with Crippen LogP contribution >= 0.6 is 0 Å². The van der Waals surface area contributed by atoms with Crippen LogP contribution in [0.5, 0.6) is 0 Å². The molecule has 4 aliphatic carbocycles. The normalized spacial score (nSPS) is 54.0. The highest BCUT2D eigenvalue weighted by molar-refractivity contribution is 5.06. The van der Waals surface area contributed by atoms with Gasteiger partial charge in [-0.15, -0.1) is 0 Å². The van der Waals surface area contributed by atoms with Crippen molar-refractivity contribution in [1.82, 2.24) is 0 Å². The lowest BCUT2D eigenvalue weighted by atomic mass is 9.49. The lowest BCUT2D eigenvalue weighted by Crippen LogP contribution is -2.51. The molecule has 1 N–H and O–H groups in total. The van der Waals surface area contributed by atoms with Crippen LogP contribution in [0.3, 0.4) is 0 Å². The molecular formula is C22H38O2. The van der Waals surface area contributed by atoms with Crippen molar-refractivity contribution in [3.63, 3.8) is 0 Å². The Morgan fingerprint density at radius 2 is 1.75 bits per heavy atom. The Labute approximate surface area is 148 Å². The fourth-order valence-corrected chi connectivity index (χ4v) is 7.65. The lowest BCUT2D eigenvalue weighted by molar-refractivity contribution is -0.127. The SMILES string of the molecule is CCOC[C@]1(O)CC[C@H]2[C@H](CC[C@@H]3[C@@H]2CC[C@]2(C)[C@@H](C)CC[C@@H]32)C1. The molecule has 0 heterocycles. The highest BCUT2D eigenvalue weighted by atomic mass is 16.5. The van der Waals surface area contributed by atoms with Crippen molar-refractivity contribution >= 4 is 0 Å². The molecule has 8 atom stereocenters. The highest BCUT2D eigenvalue weighted by Gasteiger charge is 2.56. The summed E-state index contributed by atoms with van der Waals surface area (Å²) in [5.74, 6) is 5.54. The van der Waals surface area contributed by atoms with Crippen LogP contribution in [0.2, 0.25) is 0 Å². The Bertz CT molecular complexity index is 463. The molecule has 2 heteroatoms. The quantitative estimate of drug-likeness (QED) is 0.783. The van der Waals surface area contributed by atoms with Gasteiger partial charge in [0.15, 0.2) is 0 Å². The van der Waals surface area contributed by atoms with E-state index in [2.05, 4.69) is 13.8 Å². The van der Waals surface area contributed by atoms with Crippen molar-refractivity contribution in [2.75, 3.05) is 13.2 Å². The van der Waals surface area contributed by atoms with Crippen molar-refractivity contribution in [2.24, 2.45) is 40.9 Å². The topological polar surface area (TPSA) is 29.5 Å². The smallest absolute Gasteiger partial charge is 0.0883 e. The van der Waals surface area contributed by atoms with Crippen LogP contribution in [0, 0.1) is 40.9 Å². The fourth-order valence-electron chi connectivity index (χ4n) is 7.65. The second-order valence-corrected chi connectivity index (χ2v) is 10.1. The van der Waals surface area contributed by atoms with E-state index in [1.807, 2.05) is 6.92 Å². The molecule has 0 radical (unpaired) electrons. The van der Waals surface area contributed by atoms with Gasteiger partial charge >= 0.3 is 0 Å². The van der Waals surface area contributed by atoms with E-state index >= 15 is 0 Å². The summed E-state index contributed by atoms with van der Waals surface area (Å²) in [5, 5.41) is 10.9. The summed E-state index contributed by atoms with van der Waals surface area (Å²) in [7, 11) is 0. The van der Waals surface area contributed by atoms with E-state index in [9.17, 15) is 5.11 Å². The molecule has 0 saturated heterocycles. The standard InChI is InChI=1S/C22H38O2/c1-4-24-14-22(23)12-10-17-16(13-22)6-7-19-18(17)9-11-21(3)15(2)5-8-20(19)21/h15-20,23H,4-14H2,1-3H3/t15-,16+,17-,18+,19+,20-,21+,22-/m0/s1. The zero-order chi connectivity index (χ0) is 16.9. The van der Waals surface area contributed by atoms with Gasteiger partial charge in [-0.25, -0.2) is 0 Å². The summed E-state index contributed by atoms with van der Waals surface area (Å²) < 4.78 is 5.59. The second kappa shape index (κ2) is 6.27. The van der Waals surface area contributed by atoms with E-state index in [0.29, 0.717) is 12.0 Å². The van der Waals surface area contributed by atoms with Crippen LogP contribution in [-0.2, 0) is 4.74 Å². The van der Waals surface area contributed by atoms with Crippen LogP contribution in [0.4, 0.5) is 0 Å². The largest absolute Gasteiger partial charge is 0.387 e. The molecule has 0 unspecified atom stereocenters. The van der Waals surface area contributed by atoms with Crippen LogP contribution in [0.25, 0.3) is 0 Å². The molecule has 0 aromatic rings. The molecule has 0 aromatic carbocycles. The van der Waals surface area contributed by atoms with Crippen LogP contribution < -0.4 is 0 Å². The van der Waals surface area contributed by atoms with Crippen molar-refractivity contribution in [3.8, 4) is 0 Å². The van der Waals surface area contributed by atoms with Crippen LogP contribution in [0.15, 0.2) is 0 Å². The number of fused-ring (bicyclic) bond motifs is 5. The van der Waals surface area contributed by atoms with Crippen LogP contribution in [0.1, 0.15) is 78.6 Å². The first-order chi connectivity index (χ1) is 11.5. The van der Waals surface area contributed by atoms with Crippen molar-refractivity contribution in [2.45, 2.75) is 84.2 Å². The Morgan fingerprint density at radius 1 is 0.958 bits per heavy atom. The third-order valence-corrected chi connectivity index (χ3v) is 9.15. The second-order valence-electron chi connectivity index (χ2n) is 10.1. The highest BCUT2D eigenvalue weighted by Crippen LogP contribution is 2.64. The summed E-state index contributed by atoms with van der Waals surface area (Å²) in [4.78, 5) is 0.